The second kappa shape index (κ2) is 3.78. The molecule has 1 nitrogen and oxygen atoms in total. The minimum atomic E-state index is 0.534. The zero-order chi connectivity index (χ0) is 9.19. The van der Waals surface area contributed by atoms with Crippen LogP contribution in [0.2, 0.25) is 0 Å². The van der Waals surface area contributed by atoms with Crippen LogP contribution in [0, 0.1) is 17.3 Å². The first kappa shape index (κ1) is 10.0. The molecule has 0 spiro atoms. The van der Waals surface area contributed by atoms with Gasteiger partial charge in [0.05, 0.1) is 0 Å². The Balaban J connectivity index is 2.57. The maximum atomic E-state index is 5.65. The quantitative estimate of drug-likeness (QED) is 0.676. The molecule has 0 aliphatic heterocycles. The van der Waals surface area contributed by atoms with Gasteiger partial charge >= 0.3 is 0 Å². The van der Waals surface area contributed by atoms with Crippen molar-refractivity contribution in [2.24, 2.45) is 23.0 Å². The molecule has 72 valence electrons. The van der Waals surface area contributed by atoms with E-state index in [4.69, 9.17) is 5.73 Å². The van der Waals surface area contributed by atoms with Gasteiger partial charge in [-0.3, -0.25) is 0 Å². The first-order chi connectivity index (χ1) is 5.58. The zero-order valence-electron chi connectivity index (χ0n) is 8.77. The normalized spacial score (nSPS) is 43.0. The Kier molecular flexibility index (Phi) is 3.16. The van der Waals surface area contributed by atoms with Gasteiger partial charge in [-0.25, -0.2) is 0 Å². The summed E-state index contributed by atoms with van der Waals surface area (Å²) >= 11 is 0. The molecule has 1 heteroatoms. The number of hydrogen-bond donors (Lipinski definition) is 1. The van der Waals surface area contributed by atoms with E-state index in [0.29, 0.717) is 5.41 Å². The lowest BCUT2D eigenvalue weighted by Crippen LogP contribution is -2.34. The van der Waals surface area contributed by atoms with Crippen molar-refractivity contribution in [3.05, 3.63) is 0 Å². The maximum absolute atomic E-state index is 5.65. The molecule has 0 aromatic heterocycles. The summed E-state index contributed by atoms with van der Waals surface area (Å²) in [6, 6.07) is 0. The lowest BCUT2D eigenvalue weighted by atomic mass is 9.63. The van der Waals surface area contributed by atoms with Crippen LogP contribution in [-0.2, 0) is 0 Å². The largest absolute Gasteiger partial charge is 0.330 e. The molecule has 1 saturated carbocycles. The van der Waals surface area contributed by atoms with E-state index in [-0.39, 0.29) is 0 Å². The molecule has 1 aliphatic carbocycles. The Morgan fingerprint density at radius 3 is 2.58 bits per heavy atom. The summed E-state index contributed by atoms with van der Waals surface area (Å²) in [5.41, 5.74) is 6.19. The Hall–Kier alpha value is -0.0400. The minimum absolute atomic E-state index is 0.534. The van der Waals surface area contributed by atoms with Crippen molar-refractivity contribution in [1.29, 1.82) is 0 Å². The van der Waals surface area contributed by atoms with E-state index in [0.717, 1.165) is 18.4 Å². The van der Waals surface area contributed by atoms with Gasteiger partial charge in [-0.1, -0.05) is 27.2 Å². The summed E-state index contributed by atoms with van der Waals surface area (Å²) in [6.07, 6.45) is 5.41. The average molecular weight is 169 g/mol. The summed E-state index contributed by atoms with van der Waals surface area (Å²) in [4.78, 5) is 0. The van der Waals surface area contributed by atoms with Gasteiger partial charge in [-0.15, -0.1) is 0 Å². The first-order valence-electron chi connectivity index (χ1n) is 5.28. The van der Waals surface area contributed by atoms with Crippen LogP contribution in [0.15, 0.2) is 0 Å². The molecule has 0 radical (unpaired) electrons. The van der Waals surface area contributed by atoms with Crippen LogP contribution in [0.3, 0.4) is 0 Å². The summed E-state index contributed by atoms with van der Waals surface area (Å²) in [5, 5.41) is 0. The summed E-state index contributed by atoms with van der Waals surface area (Å²) in [5.74, 6) is 1.79. The van der Waals surface area contributed by atoms with Crippen LogP contribution in [0.1, 0.15) is 46.5 Å². The standard InChI is InChI=1S/C11H23N/c1-9-4-5-10(2)11(3,8-9)6-7-12/h9-10H,4-8,12H2,1-3H3. The van der Waals surface area contributed by atoms with Crippen LogP contribution in [0.4, 0.5) is 0 Å². The van der Waals surface area contributed by atoms with Gasteiger partial charge in [0.25, 0.3) is 0 Å². The molecule has 0 aromatic carbocycles. The van der Waals surface area contributed by atoms with Crippen molar-refractivity contribution >= 4 is 0 Å². The van der Waals surface area contributed by atoms with Gasteiger partial charge < -0.3 is 5.73 Å². The smallest absolute Gasteiger partial charge is 0.00720 e. The molecule has 1 fully saturated rings. The molecule has 0 bridgehead atoms. The molecule has 0 saturated heterocycles. The summed E-state index contributed by atoms with van der Waals surface area (Å²) in [7, 11) is 0. The summed E-state index contributed by atoms with van der Waals surface area (Å²) in [6.45, 7) is 8.04. The van der Waals surface area contributed by atoms with E-state index < -0.39 is 0 Å². The highest BCUT2D eigenvalue weighted by atomic mass is 14.5. The van der Waals surface area contributed by atoms with E-state index in [9.17, 15) is 0 Å². The second-order valence-electron chi connectivity index (χ2n) is 4.98. The Morgan fingerprint density at radius 2 is 2.00 bits per heavy atom. The predicted molar refractivity (Wildman–Crippen MR) is 54.0 cm³/mol. The second-order valence-corrected chi connectivity index (χ2v) is 4.98. The third-order valence-corrected chi connectivity index (χ3v) is 3.81. The maximum Gasteiger partial charge on any atom is -0.00720 e. The molecule has 3 atom stereocenters. The molecule has 3 unspecified atom stereocenters. The molecule has 1 rings (SSSR count). The fourth-order valence-electron chi connectivity index (χ4n) is 2.66. The fraction of sp³-hybridized carbons (Fsp3) is 1.00. The number of hydrogen-bond acceptors (Lipinski definition) is 1. The minimum Gasteiger partial charge on any atom is -0.330 e. The highest BCUT2D eigenvalue weighted by molar-refractivity contribution is 4.86. The van der Waals surface area contributed by atoms with E-state index in [1.54, 1.807) is 0 Å². The van der Waals surface area contributed by atoms with Crippen molar-refractivity contribution in [2.75, 3.05) is 6.54 Å². The molecule has 0 amide bonds. The molecule has 1 aliphatic rings. The zero-order valence-corrected chi connectivity index (χ0v) is 8.77. The van der Waals surface area contributed by atoms with Crippen molar-refractivity contribution in [1.82, 2.24) is 0 Å². The average Bonchev–Trinajstić information content (AvgIpc) is 1.98. The van der Waals surface area contributed by atoms with Crippen molar-refractivity contribution in [3.8, 4) is 0 Å². The van der Waals surface area contributed by atoms with Gasteiger partial charge in [-0.05, 0) is 43.1 Å². The van der Waals surface area contributed by atoms with Crippen molar-refractivity contribution < 1.29 is 0 Å². The van der Waals surface area contributed by atoms with Crippen LogP contribution in [0.5, 0.6) is 0 Å². The molecular formula is C11H23N. The van der Waals surface area contributed by atoms with E-state index in [1.165, 1.54) is 25.7 Å². The third-order valence-electron chi connectivity index (χ3n) is 3.81. The highest BCUT2D eigenvalue weighted by Gasteiger charge is 2.35. The summed E-state index contributed by atoms with van der Waals surface area (Å²) < 4.78 is 0. The van der Waals surface area contributed by atoms with Crippen molar-refractivity contribution in [3.63, 3.8) is 0 Å². The van der Waals surface area contributed by atoms with Crippen LogP contribution < -0.4 is 5.73 Å². The van der Waals surface area contributed by atoms with Crippen molar-refractivity contribution in [2.45, 2.75) is 46.5 Å². The first-order valence-corrected chi connectivity index (χ1v) is 5.28. The predicted octanol–water partition coefficient (Wildman–Crippen LogP) is 2.80. The highest BCUT2D eigenvalue weighted by Crippen LogP contribution is 2.45. The Labute approximate surface area is 76.7 Å². The SMILES string of the molecule is CC1CCC(C)C(C)(CCN)C1. The number of nitrogens with two attached hydrogens (primary N) is 1. The van der Waals surface area contributed by atoms with E-state index in [2.05, 4.69) is 20.8 Å². The van der Waals surface area contributed by atoms with Gasteiger partial charge in [-0.2, -0.15) is 0 Å². The number of rotatable bonds is 2. The van der Waals surface area contributed by atoms with Gasteiger partial charge in [0.1, 0.15) is 0 Å². The van der Waals surface area contributed by atoms with Crippen LogP contribution in [0.25, 0.3) is 0 Å². The Morgan fingerprint density at radius 1 is 1.33 bits per heavy atom. The van der Waals surface area contributed by atoms with E-state index >= 15 is 0 Å². The monoisotopic (exact) mass is 169 g/mol. The molecule has 2 N–H and O–H groups in total. The van der Waals surface area contributed by atoms with Crippen LogP contribution in [-0.4, -0.2) is 6.54 Å². The Bertz CT molecular complexity index is 144. The molecule has 0 aromatic rings. The molecule has 0 heterocycles. The third kappa shape index (κ3) is 2.01. The molecule has 12 heavy (non-hydrogen) atoms. The topological polar surface area (TPSA) is 26.0 Å². The van der Waals surface area contributed by atoms with Gasteiger partial charge in [0, 0.05) is 0 Å². The van der Waals surface area contributed by atoms with Gasteiger partial charge in [0.2, 0.25) is 0 Å². The van der Waals surface area contributed by atoms with Crippen LogP contribution >= 0.6 is 0 Å². The lowest BCUT2D eigenvalue weighted by molar-refractivity contribution is 0.0872. The van der Waals surface area contributed by atoms with Gasteiger partial charge in [0.15, 0.2) is 0 Å². The molecular weight excluding hydrogens is 146 g/mol. The lowest BCUT2D eigenvalue weighted by Gasteiger charge is -2.42. The van der Waals surface area contributed by atoms with E-state index in [1.807, 2.05) is 0 Å². The fourth-order valence-corrected chi connectivity index (χ4v) is 2.66.